The second-order valence-corrected chi connectivity index (χ2v) is 11.5. The first kappa shape index (κ1) is 30.8. The molecule has 1 aliphatic heterocycles. The summed E-state index contributed by atoms with van der Waals surface area (Å²) >= 11 is 0. The molecule has 5 rings (SSSR count). The Bertz CT molecular complexity index is 1550. The van der Waals surface area contributed by atoms with E-state index in [1.54, 1.807) is 35.2 Å². The van der Waals surface area contributed by atoms with E-state index in [9.17, 15) is 14.7 Å². The first-order chi connectivity index (χ1) is 21.3. The molecule has 3 atom stereocenters. The van der Waals surface area contributed by atoms with E-state index in [0.717, 1.165) is 6.54 Å². The third kappa shape index (κ3) is 7.64. The monoisotopic (exact) mass is 592 g/mol. The van der Waals surface area contributed by atoms with E-state index < -0.39 is 6.03 Å². The minimum atomic E-state index is -0.416. The Hall–Kier alpha value is -4.66. The molecular weight excluding hydrogens is 552 g/mol. The maximum atomic E-state index is 13.8. The quantitative estimate of drug-likeness (QED) is 0.211. The summed E-state index contributed by atoms with van der Waals surface area (Å²) < 4.78 is 6.54. The molecule has 3 N–H and O–H groups in total. The van der Waals surface area contributed by atoms with Crippen LogP contribution < -0.4 is 15.4 Å². The van der Waals surface area contributed by atoms with Crippen LogP contribution in [-0.2, 0) is 6.54 Å². The van der Waals surface area contributed by atoms with Gasteiger partial charge in [0.25, 0.3) is 5.91 Å². The second kappa shape index (κ2) is 14.2. The molecule has 0 saturated heterocycles. The zero-order chi connectivity index (χ0) is 31.1. The molecule has 4 aromatic carbocycles. The molecule has 3 amide bonds. The first-order valence-electron chi connectivity index (χ1n) is 15.0. The number of benzene rings is 4. The van der Waals surface area contributed by atoms with Gasteiger partial charge >= 0.3 is 6.03 Å². The highest BCUT2D eigenvalue weighted by Gasteiger charge is 2.33. The van der Waals surface area contributed by atoms with Gasteiger partial charge in [0.05, 0.1) is 18.2 Å². The lowest BCUT2D eigenvalue weighted by atomic mass is 9.99. The minimum absolute atomic E-state index is 0.00143. The normalized spacial score (nSPS) is 17.2. The number of carbonyl (C=O) groups is 2. The maximum absolute atomic E-state index is 13.8. The molecule has 0 bridgehead atoms. The van der Waals surface area contributed by atoms with Gasteiger partial charge in [0.1, 0.15) is 11.9 Å². The van der Waals surface area contributed by atoms with Gasteiger partial charge in [-0.1, -0.05) is 79.7 Å². The van der Waals surface area contributed by atoms with E-state index in [-0.39, 0.29) is 30.6 Å². The van der Waals surface area contributed by atoms with Crippen molar-refractivity contribution in [3.63, 3.8) is 0 Å². The number of fused-ring (bicyclic) bond motifs is 1. The highest BCUT2D eigenvalue weighted by Crippen LogP contribution is 2.31. The first-order valence-corrected chi connectivity index (χ1v) is 15.0. The van der Waals surface area contributed by atoms with Crippen molar-refractivity contribution in [3.05, 3.63) is 114 Å². The lowest BCUT2D eigenvalue weighted by molar-refractivity contribution is 0.0341. The molecule has 0 spiro atoms. The van der Waals surface area contributed by atoms with Gasteiger partial charge in [-0.15, -0.1) is 0 Å². The Morgan fingerprint density at radius 2 is 1.57 bits per heavy atom. The number of carbonyl (C=O) groups excluding carboxylic acids is 2. The molecule has 8 heteroatoms. The smallest absolute Gasteiger partial charge is 0.323 e. The van der Waals surface area contributed by atoms with Crippen molar-refractivity contribution >= 4 is 23.3 Å². The summed E-state index contributed by atoms with van der Waals surface area (Å²) in [5.74, 6) is 0.209. The number of amides is 3. The molecule has 0 aromatic heterocycles. The highest BCUT2D eigenvalue weighted by atomic mass is 16.5. The molecule has 8 nitrogen and oxygen atoms in total. The fourth-order valence-electron chi connectivity index (χ4n) is 5.45. The molecule has 0 saturated carbocycles. The van der Waals surface area contributed by atoms with Crippen molar-refractivity contribution in [1.29, 1.82) is 0 Å². The van der Waals surface area contributed by atoms with Gasteiger partial charge in [0.15, 0.2) is 0 Å². The van der Waals surface area contributed by atoms with Crippen LogP contribution >= 0.6 is 0 Å². The van der Waals surface area contributed by atoms with Crippen LogP contribution in [0.3, 0.4) is 0 Å². The summed E-state index contributed by atoms with van der Waals surface area (Å²) in [6.45, 7) is 5.56. The van der Waals surface area contributed by atoms with Gasteiger partial charge in [-0.2, -0.15) is 0 Å². The van der Waals surface area contributed by atoms with Gasteiger partial charge in [0, 0.05) is 36.9 Å². The number of likely N-dealkylation sites (N-methyl/N-ethyl adjacent to an activating group) is 1. The molecule has 0 fully saturated rings. The summed E-state index contributed by atoms with van der Waals surface area (Å²) in [6, 6.07) is 32.4. The SMILES string of the molecule is C[C@H](CO)N1C[C@H](C)[C@H](CN(C)Cc2ccc(-c3ccccc3)cc2)Oc2ccc(NC(=O)Nc3ccccc3)cc2C1=O. The van der Waals surface area contributed by atoms with Crippen molar-refractivity contribution in [2.75, 3.05) is 37.4 Å². The summed E-state index contributed by atoms with van der Waals surface area (Å²) in [5.41, 5.74) is 5.03. The van der Waals surface area contributed by atoms with Gasteiger partial charge in [-0.25, -0.2) is 4.79 Å². The number of hydrogen-bond donors (Lipinski definition) is 3. The molecule has 4 aromatic rings. The van der Waals surface area contributed by atoms with E-state index in [2.05, 4.69) is 65.9 Å². The van der Waals surface area contributed by atoms with Crippen LogP contribution in [0.1, 0.15) is 29.8 Å². The van der Waals surface area contributed by atoms with Crippen LogP contribution in [0.4, 0.5) is 16.2 Å². The fourth-order valence-corrected chi connectivity index (χ4v) is 5.45. The Kier molecular flexibility index (Phi) is 9.94. The molecule has 228 valence electrons. The zero-order valence-electron chi connectivity index (χ0n) is 25.4. The number of para-hydroxylation sites is 1. The lowest BCUT2D eigenvalue weighted by Crippen LogP contribution is -2.49. The number of rotatable bonds is 9. The predicted octanol–water partition coefficient (Wildman–Crippen LogP) is 6.35. The highest BCUT2D eigenvalue weighted by molar-refractivity contribution is 6.02. The minimum Gasteiger partial charge on any atom is -0.488 e. The predicted molar refractivity (Wildman–Crippen MR) is 175 cm³/mol. The van der Waals surface area contributed by atoms with Gasteiger partial charge in [-0.05, 0) is 61.0 Å². The van der Waals surface area contributed by atoms with Crippen molar-refractivity contribution in [2.45, 2.75) is 32.5 Å². The molecule has 0 aliphatic carbocycles. The topological polar surface area (TPSA) is 94.1 Å². The number of hydrogen-bond acceptors (Lipinski definition) is 5. The maximum Gasteiger partial charge on any atom is 0.323 e. The van der Waals surface area contributed by atoms with E-state index in [1.807, 2.05) is 43.3 Å². The third-order valence-electron chi connectivity index (χ3n) is 7.96. The lowest BCUT2D eigenvalue weighted by Gasteiger charge is -2.38. The zero-order valence-corrected chi connectivity index (χ0v) is 25.4. The van der Waals surface area contributed by atoms with Gasteiger partial charge in [-0.3, -0.25) is 9.69 Å². The Morgan fingerprint density at radius 3 is 2.25 bits per heavy atom. The average molecular weight is 593 g/mol. The van der Waals surface area contributed by atoms with E-state index in [0.29, 0.717) is 35.8 Å². The number of urea groups is 1. The van der Waals surface area contributed by atoms with Crippen LogP contribution in [0.15, 0.2) is 103 Å². The number of nitrogens with zero attached hydrogens (tertiary/aromatic N) is 2. The van der Waals surface area contributed by atoms with Crippen molar-refractivity contribution in [2.24, 2.45) is 5.92 Å². The number of aliphatic hydroxyl groups is 1. The largest absolute Gasteiger partial charge is 0.488 e. The van der Waals surface area contributed by atoms with Crippen molar-refractivity contribution in [3.8, 4) is 16.9 Å². The van der Waals surface area contributed by atoms with E-state index in [1.165, 1.54) is 16.7 Å². The summed E-state index contributed by atoms with van der Waals surface area (Å²) in [6.07, 6.45) is -0.218. The second-order valence-electron chi connectivity index (χ2n) is 11.5. The van der Waals surface area contributed by atoms with Gasteiger partial charge < -0.3 is 25.4 Å². The number of anilines is 2. The number of nitrogens with one attached hydrogen (secondary N) is 2. The Labute approximate surface area is 259 Å². The van der Waals surface area contributed by atoms with Crippen molar-refractivity contribution < 1.29 is 19.4 Å². The molecular formula is C36H40N4O4. The van der Waals surface area contributed by atoms with E-state index >= 15 is 0 Å². The number of ether oxygens (including phenoxy) is 1. The fraction of sp³-hybridized carbons (Fsp3) is 0.278. The van der Waals surface area contributed by atoms with Crippen LogP contribution in [0.5, 0.6) is 5.75 Å². The Morgan fingerprint density at radius 1 is 0.932 bits per heavy atom. The molecule has 0 radical (unpaired) electrons. The molecule has 1 heterocycles. The van der Waals surface area contributed by atoms with Crippen LogP contribution in [-0.4, -0.2) is 65.7 Å². The summed E-state index contributed by atoms with van der Waals surface area (Å²) in [4.78, 5) is 30.3. The van der Waals surface area contributed by atoms with Crippen molar-refractivity contribution in [1.82, 2.24) is 9.80 Å². The Balaban J connectivity index is 1.32. The molecule has 44 heavy (non-hydrogen) atoms. The summed E-state index contributed by atoms with van der Waals surface area (Å²) in [5, 5.41) is 15.6. The van der Waals surface area contributed by atoms with Crippen LogP contribution in [0.2, 0.25) is 0 Å². The van der Waals surface area contributed by atoms with Crippen LogP contribution in [0.25, 0.3) is 11.1 Å². The molecule has 0 unspecified atom stereocenters. The van der Waals surface area contributed by atoms with Gasteiger partial charge in [0.2, 0.25) is 0 Å². The molecule has 1 aliphatic rings. The van der Waals surface area contributed by atoms with E-state index in [4.69, 9.17) is 4.74 Å². The van der Waals surface area contributed by atoms with Crippen LogP contribution in [0, 0.1) is 5.92 Å². The summed E-state index contributed by atoms with van der Waals surface area (Å²) in [7, 11) is 2.07. The number of aliphatic hydroxyl groups excluding tert-OH is 1. The standard InChI is InChI=1S/C36H40N4O4/c1-25-21-40(26(2)24-41)35(42)32-20-31(38-36(43)37-30-12-8-5-9-13-30)18-19-33(32)44-34(25)23-39(3)22-27-14-16-29(17-15-27)28-10-6-4-7-11-28/h4-20,25-26,34,41H,21-24H2,1-3H3,(H2,37,38,43)/t25-,26+,34-/m0/s1. The third-order valence-corrected chi connectivity index (χ3v) is 7.96. The average Bonchev–Trinajstić information content (AvgIpc) is 3.04.